The van der Waals surface area contributed by atoms with Gasteiger partial charge in [-0.1, -0.05) is 15.9 Å². The van der Waals surface area contributed by atoms with Crippen molar-refractivity contribution in [3.8, 4) is 0 Å². The van der Waals surface area contributed by atoms with E-state index in [1.165, 1.54) is 0 Å². The number of esters is 1. The lowest BCUT2D eigenvalue weighted by Crippen LogP contribution is -2.21. The Bertz CT molecular complexity index is 141. The van der Waals surface area contributed by atoms with E-state index in [2.05, 4.69) is 15.9 Å². The Labute approximate surface area is 74.2 Å². The van der Waals surface area contributed by atoms with E-state index >= 15 is 0 Å². The highest BCUT2D eigenvalue weighted by molar-refractivity contribution is 9.10. The van der Waals surface area contributed by atoms with Crippen LogP contribution in [-0.4, -0.2) is 23.7 Å². The van der Waals surface area contributed by atoms with Crippen molar-refractivity contribution in [3.63, 3.8) is 0 Å². The number of hydrogen-bond donors (Lipinski definition) is 0. The van der Waals surface area contributed by atoms with Gasteiger partial charge in [0.25, 0.3) is 0 Å². The van der Waals surface area contributed by atoms with Gasteiger partial charge in [-0.25, -0.2) is 0 Å². The topological polar surface area (TPSA) is 35.5 Å². The van der Waals surface area contributed by atoms with Crippen LogP contribution in [0.1, 0.15) is 19.8 Å². The molecule has 0 aromatic heterocycles. The van der Waals surface area contributed by atoms with E-state index in [-0.39, 0.29) is 17.1 Å². The van der Waals surface area contributed by atoms with Crippen molar-refractivity contribution in [2.75, 3.05) is 6.61 Å². The summed E-state index contributed by atoms with van der Waals surface area (Å²) in [5, 5.41) is 0. The summed E-state index contributed by atoms with van der Waals surface area (Å²) in [4.78, 5) is 10.7. The van der Waals surface area contributed by atoms with E-state index in [1.54, 1.807) is 6.92 Å². The molecule has 2 unspecified atom stereocenters. The average Bonchev–Trinajstić information content (AvgIpc) is 2.39. The summed E-state index contributed by atoms with van der Waals surface area (Å²) in [6.45, 7) is 2.44. The van der Waals surface area contributed by atoms with Crippen LogP contribution in [-0.2, 0) is 14.3 Å². The van der Waals surface area contributed by atoms with E-state index < -0.39 is 0 Å². The molecule has 1 saturated heterocycles. The van der Waals surface area contributed by atoms with Gasteiger partial charge in [-0.15, -0.1) is 0 Å². The zero-order valence-electron chi connectivity index (χ0n) is 6.38. The van der Waals surface area contributed by atoms with E-state index in [1.807, 2.05) is 0 Å². The minimum absolute atomic E-state index is 0.244. The van der Waals surface area contributed by atoms with Gasteiger partial charge in [0, 0.05) is 6.42 Å². The van der Waals surface area contributed by atoms with Crippen LogP contribution in [0.3, 0.4) is 0 Å². The molecule has 0 N–H and O–H groups in total. The second-order valence-electron chi connectivity index (χ2n) is 2.50. The normalized spacial score (nSPS) is 26.5. The summed E-state index contributed by atoms with van der Waals surface area (Å²) in [5.41, 5.74) is 0. The highest BCUT2D eigenvalue weighted by Gasteiger charge is 2.21. The number of ether oxygens (including phenoxy) is 2. The number of halogens is 1. The van der Waals surface area contributed by atoms with Crippen molar-refractivity contribution in [1.29, 1.82) is 0 Å². The largest absolute Gasteiger partial charge is 0.435 e. The molecule has 1 rings (SSSR count). The first-order valence-corrected chi connectivity index (χ1v) is 4.58. The lowest BCUT2D eigenvalue weighted by molar-refractivity contribution is -0.168. The van der Waals surface area contributed by atoms with Gasteiger partial charge < -0.3 is 9.47 Å². The standard InChI is InChI=1S/C7H11BrO3/c1-5(8)7(9)11-6-3-2-4-10-6/h5-6H,2-4H2,1H3. The molecule has 1 aliphatic rings. The van der Waals surface area contributed by atoms with Crippen LogP contribution in [0.25, 0.3) is 0 Å². The van der Waals surface area contributed by atoms with E-state index in [4.69, 9.17) is 9.47 Å². The second kappa shape index (κ2) is 4.07. The van der Waals surface area contributed by atoms with Gasteiger partial charge >= 0.3 is 5.97 Å². The summed E-state index contributed by atoms with van der Waals surface area (Å²) >= 11 is 3.12. The fraction of sp³-hybridized carbons (Fsp3) is 0.857. The van der Waals surface area contributed by atoms with Crippen molar-refractivity contribution < 1.29 is 14.3 Å². The first kappa shape index (κ1) is 9.00. The fourth-order valence-electron chi connectivity index (χ4n) is 0.864. The van der Waals surface area contributed by atoms with Gasteiger partial charge in [0.15, 0.2) is 0 Å². The smallest absolute Gasteiger partial charge is 0.321 e. The Kier molecular flexibility index (Phi) is 3.33. The third-order valence-electron chi connectivity index (χ3n) is 1.46. The number of carbonyl (C=O) groups is 1. The molecule has 0 aromatic rings. The van der Waals surface area contributed by atoms with Gasteiger partial charge in [0.1, 0.15) is 4.83 Å². The van der Waals surface area contributed by atoms with Gasteiger partial charge in [-0.05, 0) is 13.3 Å². The SMILES string of the molecule is CC(Br)C(=O)OC1CCCO1. The summed E-state index contributed by atoms with van der Waals surface area (Å²) in [6, 6.07) is 0. The minimum atomic E-state index is -0.303. The van der Waals surface area contributed by atoms with Gasteiger partial charge in [0.2, 0.25) is 6.29 Å². The number of carbonyl (C=O) groups excluding carboxylic acids is 1. The molecule has 0 amide bonds. The van der Waals surface area contributed by atoms with E-state index in [9.17, 15) is 4.79 Å². The van der Waals surface area contributed by atoms with Crippen molar-refractivity contribution in [3.05, 3.63) is 0 Å². The van der Waals surface area contributed by atoms with Crippen LogP contribution < -0.4 is 0 Å². The Morgan fingerprint density at radius 1 is 1.82 bits per heavy atom. The predicted octanol–water partition coefficient (Wildman–Crippen LogP) is 1.45. The highest BCUT2D eigenvalue weighted by atomic mass is 79.9. The second-order valence-corrected chi connectivity index (χ2v) is 3.87. The number of alkyl halides is 1. The number of hydrogen-bond acceptors (Lipinski definition) is 3. The minimum Gasteiger partial charge on any atom is -0.435 e. The quantitative estimate of drug-likeness (QED) is 0.525. The third kappa shape index (κ3) is 2.79. The van der Waals surface area contributed by atoms with Crippen LogP contribution in [0.5, 0.6) is 0 Å². The lowest BCUT2D eigenvalue weighted by Gasteiger charge is -2.11. The number of rotatable bonds is 2. The van der Waals surface area contributed by atoms with Crippen molar-refractivity contribution in [2.24, 2.45) is 0 Å². The first-order valence-electron chi connectivity index (χ1n) is 3.66. The van der Waals surface area contributed by atoms with Gasteiger partial charge in [-0.3, -0.25) is 4.79 Å². The molecule has 2 atom stereocenters. The van der Waals surface area contributed by atoms with Crippen LogP contribution in [0.2, 0.25) is 0 Å². The highest BCUT2D eigenvalue weighted by Crippen LogP contribution is 2.14. The zero-order chi connectivity index (χ0) is 8.27. The molecule has 1 aliphatic heterocycles. The molecule has 0 aliphatic carbocycles. The van der Waals surface area contributed by atoms with Crippen LogP contribution >= 0.6 is 15.9 Å². The lowest BCUT2D eigenvalue weighted by atomic mass is 10.4. The molecule has 64 valence electrons. The maximum atomic E-state index is 10.9. The molecule has 0 aromatic carbocycles. The van der Waals surface area contributed by atoms with Crippen LogP contribution in [0.4, 0.5) is 0 Å². The van der Waals surface area contributed by atoms with Crippen molar-refractivity contribution >= 4 is 21.9 Å². The summed E-state index contributed by atoms with van der Waals surface area (Å²) < 4.78 is 10.1. The van der Waals surface area contributed by atoms with Crippen molar-refractivity contribution in [2.45, 2.75) is 30.9 Å². The van der Waals surface area contributed by atoms with Crippen LogP contribution in [0.15, 0.2) is 0 Å². The maximum absolute atomic E-state index is 10.9. The van der Waals surface area contributed by atoms with Gasteiger partial charge in [-0.2, -0.15) is 0 Å². The third-order valence-corrected chi connectivity index (χ3v) is 1.83. The molecule has 3 nitrogen and oxygen atoms in total. The van der Waals surface area contributed by atoms with E-state index in [0.717, 1.165) is 12.8 Å². The van der Waals surface area contributed by atoms with Gasteiger partial charge in [0.05, 0.1) is 6.61 Å². The Morgan fingerprint density at radius 3 is 3.00 bits per heavy atom. The average molecular weight is 223 g/mol. The molecule has 0 spiro atoms. The Hall–Kier alpha value is -0.0900. The summed E-state index contributed by atoms with van der Waals surface area (Å²) in [5.74, 6) is -0.253. The van der Waals surface area contributed by atoms with Crippen molar-refractivity contribution in [1.82, 2.24) is 0 Å². The van der Waals surface area contributed by atoms with Crippen LogP contribution in [0, 0.1) is 0 Å². The maximum Gasteiger partial charge on any atom is 0.321 e. The predicted molar refractivity (Wildman–Crippen MR) is 43.5 cm³/mol. The Balaban J connectivity index is 2.24. The molecule has 0 saturated carbocycles. The molecular formula is C7H11BrO3. The molecular weight excluding hydrogens is 212 g/mol. The molecule has 0 bridgehead atoms. The first-order chi connectivity index (χ1) is 5.20. The molecule has 1 heterocycles. The molecule has 4 heteroatoms. The monoisotopic (exact) mass is 222 g/mol. The fourth-order valence-corrected chi connectivity index (χ4v) is 0.972. The summed E-state index contributed by atoms with van der Waals surface area (Å²) in [6.07, 6.45) is 1.50. The summed E-state index contributed by atoms with van der Waals surface area (Å²) in [7, 11) is 0. The molecule has 11 heavy (non-hydrogen) atoms. The molecule has 0 radical (unpaired) electrons. The van der Waals surface area contributed by atoms with E-state index in [0.29, 0.717) is 6.61 Å². The Morgan fingerprint density at radius 2 is 2.55 bits per heavy atom. The zero-order valence-corrected chi connectivity index (χ0v) is 7.96. The molecule has 1 fully saturated rings.